The molecule has 0 aliphatic rings. The smallest absolute Gasteiger partial charge is 0.127 e. The highest BCUT2D eigenvalue weighted by Crippen LogP contribution is 2.18. The molecule has 0 amide bonds. The van der Waals surface area contributed by atoms with E-state index in [9.17, 15) is 4.39 Å². The Kier molecular flexibility index (Phi) is 5.01. The van der Waals surface area contributed by atoms with Crippen LogP contribution in [0, 0.1) is 19.7 Å². The zero-order chi connectivity index (χ0) is 15.6. The first-order valence-electron chi connectivity index (χ1n) is 7.07. The van der Waals surface area contributed by atoms with E-state index >= 15 is 0 Å². The van der Waals surface area contributed by atoms with Crippen molar-refractivity contribution in [2.75, 3.05) is 0 Å². The number of benzene rings is 1. The first kappa shape index (κ1) is 16.0. The number of hydrogen-bond acceptors (Lipinski definition) is 2. The van der Waals surface area contributed by atoms with Crippen molar-refractivity contribution in [2.24, 2.45) is 12.8 Å². The summed E-state index contributed by atoms with van der Waals surface area (Å²) in [6.07, 6.45) is 2.18. The molecule has 0 aliphatic heterocycles. The summed E-state index contributed by atoms with van der Waals surface area (Å²) in [6.45, 7) is 4.06. The third kappa shape index (κ3) is 3.83. The second-order valence-corrected chi connectivity index (χ2v) is 5.95. The van der Waals surface area contributed by atoms with Gasteiger partial charge in [0.05, 0.1) is 5.69 Å². The number of rotatable bonds is 5. The third-order valence-electron chi connectivity index (χ3n) is 3.92. The Hall–Kier alpha value is -1.39. The fourth-order valence-electron chi connectivity index (χ4n) is 2.58. The molecule has 114 valence electrons. The highest BCUT2D eigenvalue weighted by atomic mass is 35.5. The molecule has 1 aromatic carbocycles. The molecule has 2 N–H and O–H groups in total. The van der Waals surface area contributed by atoms with Gasteiger partial charge in [0.15, 0.2) is 0 Å². The Labute approximate surface area is 129 Å². The molecule has 2 rings (SSSR count). The van der Waals surface area contributed by atoms with Crippen molar-refractivity contribution in [2.45, 2.75) is 39.2 Å². The highest BCUT2D eigenvalue weighted by Gasteiger charge is 2.13. The Balaban J connectivity index is 1.97. The average Bonchev–Trinajstić information content (AvgIpc) is 2.65. The minimum Gasteiger partial charge on any atom is -0.327 e. The van der Waals surface area contributed by atoms with Crippen molar-refractivity contribution in [1.29, 1.82) is 0 Å². The number of aromatic nitrogens is 2. The lowest BCUT2D eigenvalue weighted by Crippen LogP contribution is -2.24. The summed E-state index contributed by atoms with van der Waals surface area (Å²) in [5.74, 6) is -0.285. The fraction of sp³-hybridized carbons (Fsp3) is 0.438. The second kappa shape index (κ2) is 6.58. The predicted molar refractivity (Wildman–Crippen MR) is 84.1 cm³/mol. The van der Waals surface area contributed by atoms with Crippen LogP contribution in [-0.2, 0) is 19.9 Å². The Bertz CT molecular complexity index is 637. The van der Waals surface area contributed by atoms with Gasteiger partial charge in [-0.3, -0.25) is 4.68 Å². The molecular weight excluding hydrogens is 289 g/mol. The van der Waals surface area contributed by atoms with Gasteiger partial charge in [0, 0.05) is 23.8 Å². The summed E-state index contributed by atoms with van der Waals surface area (Å²) in [7, 11) is 1.94. The standard InChI is InChI=1S/C16H21ClFN3/c1-10-15(11(2)21(3)20-10)7-6-14(19)8-12-4-5-13(17)9-16(12)18/h4-5,9,14H,6-8,19H2,1-3H3. The molecule has 3 nitrogen and oxygen atoms in total. The number of aryl methyl sites for hydroxylation is 2. The van der Waals surface area contributed by atoms with Crippen LogP contribution in [0.1, 0.15) is 28.9 Å². The van der Waals surface area contributed by atoms with Crippen LogP contribution >= 0.6 is 11.6 Å². The molecule has 1 unspecified atom stereocenters. The first-order chi connectivity index (χ1) is 9.88. The minimum absolute atomic E-state index is 0.0836. The van der Waals surface area contributed by atoms with E-state index in [2.05, 4.69) is 12.0 Å². The molecule has 1 heterocycles. The van der Waals surface area contributed by atoms with E-state index < -0.39 is 0 Å². The summed E-state index contributed by atoms with van der Waals surface area (Å²) >= 11 is 5.75. The largest absolute Gasteiger partial charge is 0.327 e. The lowest BCUT2D eigenvalue weighted by molar-refractivity contribution is 0.565. The zero-order valence-corrected chi connectivity index (χ0v) is 13.4. The van der Waals surface area contributed by atoms with Gasteiger partial charge in [0.2, 0.25) is 0 Å². The molecule has 0 saturated carbocycles. The van der Waals surface area contributed by atoms with Crippen molar-refractivity contribution in [3.05, 3.63) is 51.6 Å². The summed E-state index contributed by atoms with van der Waals surface area (Å²) in [5.41, 5.74) is 10.2. The number of nitrogens with two attached hydrogens (primary N) is 1. The molecule has 1 aromatic heterocycles. The monoisotopic (exact) mass is 309 g/mol. The predicted octanol–water partition coefficient (Wildman–Crippen LogP) is 3.33. The maximum atomic E-state index is 13.8. The van der Waals surface area contributed by atoms with Crippen LogP contribution in [0.3, 0.4) is 0 Å². The van der Waals surface area contributed by atoms with Gasteiger partial charge in [-0.25, -0.2) is 4.39 Å². The summed E-state index contributed by atoms with van der Waals surface area (Å²) in [5, 5.41) is 4.81. The van der Waals surface area contributed by atoms with Crippen molar-refractivity contribution in [1.82, 2.24) is 9.78 Å². The topological polar surface area (TPSA) is 43.8 Å². The lowest BCUT2D eigenvalue weighted by atomic mass is 9.98. The lowest BCUT2D eigenvalue weighted by Gasteiger charge is -2.12. The van der Waals surface area contributed by atoms with Crippen molar-refractivity contribution < 1.29 is 4.39 Å². The van der Waals surface area contributed by atoms with Gasteiger partial charge in [-0.15, -0.1) is 0 Å². The normalized spacial score (nSPS) is 12.7. The molecule has 0 bridgehead atoms. The summed E-state index contributed by atoms with van der Waals surface area (Å²) in [4.78, 5) is 0. The van der Waals surface area contributed by atoms with E-state index in [1.165, 1.54) is 11.6 Å². The van der Waals surface area contributed by atoms with Gasteiger partial charge < -0.3 is 5.73 Å². The fourth-order valence-corrected chi connectivity index (χ4v) is 2.74. The maximum Gasteiger partial charge on any atom is 0.127 e. The molecule has 21 heavy (non-hydrogen) atoms. The number of hydrogen-bond donors (Lipinski definition) is 1. The summed E-state index contributed by atoms with van der Waals surface area (Å²) in [6, 6.07) is 4.65. The molecule has 5 heteroatoms. The summed E-state index contributed by atoms with van der Waals surface area (Å²) < 4.78 is 15.6. The van der Waals surface area contributed by atoms with Crippen molar-refractivity contribution in [3.63, 3.8) is 0 Å². The molecule has 0 aliphatic carbocycles. The van der Waals surface area contributed by atoms with Crippen LogP contribution in [-0.4, -0.2) is 15.8 Å². The molecule has 2 aromatic rings. The van der Waals surface area contributed by atoms with Gasteiger partial charge in [-0.2, -0.15) is 5.10 Å². The van der Waals surface area contributed by atoms with Crippen molar-refractivity contribution in [3.8, 4) is 0 Å². The molecule has 0 saturated heterocycles. The van der Waals surface area contributed by atoms with Crippen molar-refractivity contribution >= 4 is 11.6 Å². The number of halogens is 2. The molecule has 0 fully saturated rings. The molecule has 1 atom stereocenters. The second-order valence-electron chi connectivity index (χ2n) is 5.51. The van der Waals surface area contributed by atoms with E-state index in [4.69, 9.17) is 17.3 Å². The first-order valence-corrected chi connectivity index (χ1v) is 7.45. The van der Waals surface area contributed by atoms with Gasteiger partial charge in [-0.1, -0.05) is 17.7 Å². The van der Waals surface area contributed by atoms with Crippen LogP contribution in [0.5, 0.6) is 0 Å². The maximum absolute atomic E-state index is 13.8. The minimum atomic E-state index is -0.285. The van der Waals surface area contributed by atoms with Crippen LogP contribution < -0.4 is 5.73 Å². The van der Waals surface area contributed by atoms with Crippen LogP contribution in [0.2, 0.25) is 5.02 Å². The zero-order valence-electron chi connectivity index (χ0n) is 12.7. The van der Waals surface area contributed by atoms with Gasteiger partial charge in [0.1, 0.15) is 5.82 Å². The van der Waals surface area contributed by atoms with E-state index in [0.29, 0.717) is 17.0 Å². The van der Waals surface area contributed by atoms with Crippen LogP contribution in [0.15, 0.2) is 18.2 Å². The van der Waals surface area contributed by atoms with E-state index in [1.807, 2.05) is 18.7 Å². The Morgan fingerprint density at radius 1 is 1.38 bits per heavy atom. The van der Waals surface area contributed by atoms with Gasteiger partial charge >= 0.3 is 0 Å². The Morgan fingerprint density at radius 2 is 2.10 bits per heavy atom. The van der Waals surface area contributed by atoms with E-state index in [-0.39, 0.29) is 11.9 Å². The SMILES string of the molecule is Cc1nn(C)c(C)c1CCC(N)Cc1ccc(Cl)cc1F. The average molecular weight is 310 g/mol. The van der Waals surface area contributed by atoms with Crippen LogP contribution in [0.25, 0.3) is 0 Å². The third-order valence-corrected chi connectivity index (χ3v) is 4.16. The van der Waals surface area contributed by atoms with E-state index in [1.54, 1.807) is 12.1 Å². The van der Waals surface area contributed by atoms with Gasteiger partial charge in [0.25, 0.3) is 0 Å². The molecule has 0 spiro atoms. The molecular formula is C16H21ClFN3. The quantitative estimate of drug-likeness (QED) is 0.920. The van der Waals surface area contributed by atoms with Crippen LogP contribution in [0.4, 0.5) is 4.39 Å². The van der Waals surface area contributed by atoms with E-state index in [0.717, 1.165) is 24.2 Å². The highest BCUT2D eigenvalue weighted by molar-refractivity contribution is 6.30. The molecule has 0 radical (unpaired) electrons. The Morgan fingerprint density at radius 3 is 2.67 bits per heavy atom. The van der Waals surface area contributed by atoms with Gasteiger partial charge in [-0.05, 0) is 56.4 Å². The number of nitrogens with zero attached hydrogens (tertiary/aromatic N) is 2.